The number of Topliss-reactive ketones (excluding diaryl/α,β-unsaturated/α-hetero) is 1. The number of likely N-dealkylation sites (tertiary alicyclic amines) is 1. The number of ketones is 1. The van der Waals surface area contributed by atoms with Gasteiger partial charge in [0.25, 0.3) is 0 Å². The van der Waals surface area contributed by atoms with E-state index in [9.17, 15) is 4.79 Å². The van der Waals surface area contributed by atoms with Crippen molar-refractivity contribution < 1.29 is 4.79 Å². The highest BCUT2D eigenvalue weighted by atomic mass is 16.1. The lowest BCUT2D eigenvalue weighted by atomic mass is 9.74. The van der Waals surface area contributed by atoms with Gasteiger partial charge in [-0.2, -0.15) is 0 Å². The highest BCUT2D eigenvalue weighted by molar-refractivity contribution is 5.95. The first-order valence-corrected chi connectivity index (χ1v) is 7.08. The van der Waals surface area contributed by atoms with Gasteiger partial charge in [-0.15, -0.1) is 0 Å². The minimum absolute atomic E-state index is 0.209. The Balaban J connectivity index is 1.85. The Morgan fingerprint density at radius 3 is 2.50 bits per heavy atom. The van der Waals surface area contributed by atoms with E-state index in [2.05, 4.69) is 23.7 Å². The molecule has 18 heavy (non-hydrogen) atoms. The van der Waals surface area contributed by atoms with Crippen molar-refractivity contribution in [1.82, 2.24) is 9.88 Å². The first kappa shape index (κ1) is 13.3. The molecule has 0 bridgehead atoms. The fourth-order valence-corrected chi connectivity index (χ4v) is 2.93. The summed E-state index contributed by atoms with van der Waals surface area (Å²) in [5, 5.41) is 0. The second kappa shape index (κ2) is 5.70. The van der Waals surface area contributed by atoms with Crippen LogP contribution in [0.3, 0.4) is 0 Å². The smallest absolute Gasteiger partial charge is 0.192 e. The SMILES string of the molecule is CCC1(CC)CCN(CC(=O)c2ccc[nH]2)CC1. The van der Waals surface area contributed by atoms with E-state index in [0.717, 1.165) is 18.8 Å². The molecule has 1 aliphatic rings. The zero-order valence-corrected chi connectivity index (χ0v) is 11.5. The molecule has 0 radical (unpaired) electrons. The van der Waals surface area contributed by atoms with Crippen LogP contribution >= 0.6 is 0 Å². The highest BCUT2D eigenvalue weighted by Gasteiger charge is 2.31. The van der Waals surface area contributed by atoms with Gasteiger partial charge in [-0.05, 0) is 43.5 Å². The van der Waals surface area contributed by atoms with Crippen LogP contribution in [-0.2, 0) is 0 Å². The van der Waals surface area contributed by atoms with Crippen LogP contribution in [0.1, 0.15) is 50.0 Å². The number of nitrogens with zero attached hydrogens (tertiary/aromatic N) is 1. The van der Waals surface area contributed by atoms with E-state index >= 15 is 0 Å². The Kier molecular flexibility index (Phi) is 4.23. The highest BCUT2D eigenvalue weighted by Crippen LogP contribution is 2.37. The Bertz CT molecular complexity index is 369. The van der Waals surface area contributed by atoms with Crippen LogP contribution in [0.2, 0.25) is 0 Å². The average molecular weight is 248 g/mol. The predicted octanol–water partition coefficient (Wildman–Crippen LogP) is 3.10. The molecule has 3 heteroatoms. The molecule has 1 fully saturated rings. The van der Waals surface area contributed by atoms with Gasteiger partial charge >= 0.3 is 0 Å². The summed E-state index contributed by atoms with van der Waals surface area (Å²) in [5.41, 5.74) is 1.27. The van der Waals surface area contributed by atoms with E-state index in [4.69, 9.17) is 0 Å². The molecule has 3 nitrogen and oxygen atoms in total. The van der Waals surface area contributed by atoms with Crippen LogP contribution in [0.5, 0.6) is 0 Å². The second-order valence-electron chi connectivity index (χ2n) is 5.49. The van der Waals surface area contributed by atoms with E-state index in [-0.39, 0.29) is 5.78 Å². The van der Waals surface area contributed by atoms with Crippen LogP contribution < -0.4 is 0 Å². The van der Waals surface area contributed by atoms with Crippen molar-refractivity contribution in [3.8, 4) is 0 Å². The van der Waals surface area contributed by atoms with Crippen LogP contribution in [0.15, 0.2) is 18.3 Å². The van der Waals surface area contributed by atoms with Crippen molar-refractivity contribution in [2.45, 2.75) is 39.5 Å². The largest absolute Gasteiger partial charge is 0.359 e. The number of carbonyl (C=O) groups excluding carboxylic acids is 1. The number of carbonyl (C=O) groups is 1. The number of nitrogens with one attached hydrogen (secondary N) is 1. The van der Waals surface area contributed by atoms with E-state index in [1.54, 1.807) is 0 Å². The summed E-state index contributed by atoms with van der Waals surface area (Å²) in [7, 11) is 0. The molecule has 0 aromatic carbocycles. The Morgan fingerprint density at radius 2 is 2.00 bits per heavy atom. The van der Waals surface area contributed by atoms with Gasteiger partial charge in [-0.25, -0.2) is 0 Å². The molecule has 1 saturated heterocycles. The lowest BCUT2D eigenvalue weighted by Gasteiger charge is -2.40. The van der Waals surface area contributed by atoms with Crippen LogP contribution in [-0.4, -0.2) is 35.3 Å². The Hall–Kier alpha value is -1.09. The maximum atomic E-state index is 12.0. The minimum atomic E-state index is 0.209. The average Bonchev–Trinajstić information content (AvgIpc) is 2.94. The van der Waals surface area contributed by atoms with Crippen molar-refractivity contribution >= 4 is 5.78 Å². The van der Waals surface area contributed by atoms with E-state index in [0.29, 0.717) is 12.0 Å². The topological polar surface area (TPSA) is 36.1 Å². The number of aromatic amines is 1. The molecule has 1 N–H and O–H groups in total. The molecular formula is C15H24N2O. The number of H-pyrrole nitrogens is 1. The summed E-state index contributed by atoms with van der Waals surface area (Å²) < 4.78 is 0. The molecule has 2 heterocycles. The summed E-state index contributed by atoms with van der Waals surface area (Å²) in [6.45, 7) is 7.28. The fraction of sp³-hybridized carbons (Fsp3) is 0.667. The number of hydrogen-bond acceptors (Lipinski definition) is 2. The lowest BCUT2D eigenvalue weighted by Crippen LogP contribution is -2.41. The van der Waals surface area contributed by atoms with E-state index < -0.39 is 0 Å². The summed E-state index contributed by atoms with van der Waals surface area (Å²) in [5.74, 6) is 0.209. The molecule has 0 aliphatic carbocycles. The van der Waals surface area contributed by atoms with Crippen molar-refractivity contribution in [3.63, 3.8) is 0 Å². The van der Waals surface area contributed by atoms with Crippen molar-refractivity contribution in [2.24, 2.45) is 5.41 Å². The van der Waals surface area contributed by atoms with Gasteiger partial charge < -0.3 is 4.98 Å². The number of rotatable bonds is 5. The predicted molar refractivity (Wildman–Crippen MR) is 73.8 cm³/mol. The maximum absolute atomic E-state index is 12.0. The molecule has 100 valence electrons. The molecule has 0 unspecified atom stereocenters. The molecule has 2 rings (SSSR count). The van der Waals surface area contributed by atoms with Gasteiger partial charge in [0.15, 0.2) is 5.78 Å². The summed E-state index contributed by atoms with van der Waals surface area (Å²) in [4.78, 5) is 17.3. The Morgan fingerprint density at radius 1 is 1.33 bits per heavy atom. The normalized spacial score (nSPS) is 19.9. The summed E-state index contributed by atoms with van der Waals surface area (Å²) in [6, 6.07) is 3.73. The molecule has 0 atom stereocenters. The van der Waals surface area contributed by atoms with Gasteiger partial charge in [0, 0.05) is 6.20 Å². The second-order valence-corrected chi connectivity index (χ2v) is 5.49. The van der Waals surface area contributed by atoms with Gasteiger partial charge in [0.2, 0.25) is 0 Å². The maximum Gasteiger partial charge on any atom is 0.192 e. The Labute approximate surface area is 110 Å². The van der Waals surface area contributed by atoms with Crippen LogP contribution in [0, 0.1) is 5.41 Å². The van der Waals surface area contributed by atoms with Crippen molar-refractivity contribution in [1.29, 1.82) is 0 Å². The molecule has 1 aromatic heterocycles. The number of hydrogen-bond donors (Lipinski definition) is 1. The molecule has 1 aliphatic heterocycles. The zero-order chi connectivity index (χ0) is 13.0. The monoisotopic (exact) mass is 248 g/mol. The van der Waals surface area contributed by atoms with E-state index in [1.807, 2.05) is 18.3 Å². The molecule has 0 spiro atoms. The van der Waals surface area contributed by atoms with Crippen molar-refractivity contribution in [2.75, 3.05) is 19.6 Å². The van der Waals surface area contributed by atoms with Gasteiger partial charge in [-0.1, -0.05) is 26.7 Å². The number of aromatic nitrogens is 1. The van der Waals surface area contributed by atoms with Crippen LogP contribution in [0.4, 0.5) is 0 Å². The third-order valence-electron chi connectivity index (χ3n) is 4.68. The standard InChI is InChI=1S/C15H24N2O/c1-3-15(4-2)7-10-17(11-8-15)12-14(18)13-6-5-9-16-13/h5-6,9,16H,3-4,7-8,10-12H2,1-2H3. The van der Waals surface area contributed by atoms with Gasteiger partial charge in [0.1, 0.15) is 0 Å². The third-order valence-corrected chi connectivity index (χ3v) is 4.68. The first-order valence-electron chi connectivity index (χ1n) is 7.08. The van der Waals surface area contributed by atoms with Crippen molar-refractivity contribution in [3.05, 3.63) is 24.0 Å². The first-order chi connectivity index (χ1) is 8.69. The third kappa shape index (κ3) is 2.83. The minimum Gasteiger partial charge on any atom is -0.359 e. The lowest BCUT2D eigenvalue weighted by molar-refractivity contribution is 0.0753. The zero-order valence-electron chi connectivity index (χ0n) is 11.5. The van der Waals surface area contributed by atoms with Gasteiger partial charge in [0.05, 0.1) is 12.2 Å². The summed E-state index contributed by atoms with van der Waals surface area (Å²) in [6.07, 6.45) is 6.81. The molecule has 0 saturated carbocycles. The fourth-order valence-electron chi connectivity index (χ4n) is 2.93. The summed E-state index contributed by atoms with van der Waals surface area (Å²) >= 11 is 0. The van der Waals surface area contributed by atoms with Gasteiger partial charge in [-0.3, -0.25) is 9.69 Å². The quantitative estimate of drug-likeness (QED) is 0.813. The molecular weight excluding hydrogens is 224 g/mol. The van der Waals surface area contributed by atoms with Crippen LogP contribution in [0.25, 0.3) is 0 Å². The molecule has 1 aromatic rings. The molecule has 0 amide bonds. The van der Waals surface area contributed by atoms with E-state index in [1.165, 1.54) is 25.7 Å². The number of piperidine rings is 1.